The molecule has 0 atom stereocenters. The summed E-state index contributed by atoms with van der Waals surface area (Å²) in [5.74, 6) is -0.657. The van der Waals surface area contributed by atoms with Crippen molar-refractivity contribution in [1.29, 1.82) is 0 Å². The van der Waals surface area contributed by atoms with Crippen molar-refractivity contribution in [3.8, 4) is 5.75 Å². The van der Waals surface area contributed by atoms with Gasteiger partial charge in [-0.05, 0) is 40.5 Å². The van der Waals surface area contributed by atoms with E-state index in [9.17, 15) is 20.0 Å². The minimum Gasteiger partial charge on any atom is -0.506 e. The van der Waals surface area contributed by atoms with Gasteiger partial charge < -0.3 is 10.4 Å². The van der Waals surface area contributed by atoms with Gasteiger partial charge in [-0.25, -0.2) is 0 Å². The minimum atomic E-state index is -0.596. The van der Waals surface area contributed by atoms with E-state index in [1.165, 1.54) is 17.4 Å². The van der Waals surface area contributed by atoms with Crippen LogP contribution in [-0.4, -0.2) is 15.9 Å². The van der Waals surface area contributed by atoms with Crippen LogP contribution in [0.1, 0.15) is 15.2 Å². The molecule has 1 aromatic carbocycles. The molecule has 0 saturated heterocycles. The summed E-state index contributed by atoms with van der Waals surface area (Å²) >= 11 is 4.56. The van der Waals surface area contributed by atoms with Crippen molar-refractivity contribution in [3.05, 3.63) is 48.6 Å². The summed E-state index contributed by atoms with van der Waals surface area (Å²) in [5, 5.41) is 22.8. The summed E-state index contributed by atoms with van der Waals surface area (Å²) in [5.41, 5.74) is 0.719. The Kier molecular flexibility index (Phi) is 4.05. The number of halogens is 1. The van der Waals surface area contributed by atoms with Crippen LogP contribution in [0.4, 0.5) is 11.4 Å². The van der Waals surface area contributed by atoms with Crippen LogP contribution in [0.5, 0.6) is 5.75 Å². The maximum Gasteiger partial charge on any atom is 0.271 e. The van der Waals surface area contributed by atoms with E-state index in [-0.39, 0.29) is 17.1 Å². The zero-order valence-electron chi connectivity index (χ0n) is 10.2. The molecule has 0 aliphatic heterocycles. The largest absolute Gasteiger partial charge is 0.506 e. The second-order valence-electron chi connectivity index (χ2n) is 3.98. The molecule has 0 fully saturated rings. The topological polar surface area (TPSA) is 92.5 Å². The molecule has 20 heavy (non-hydrogen) atoms. The fourth-order valence-electron chi connectivity index (χ4n) is 1.49. The molecule has 6 nitrogen and oxygen atoms in total. The molecule has 0 saturated carbocycles. The number of thiophene rings is 1. The lowest BCUT2D eigenvalue weighted by atomic mass is 10.2. The Balaban J connectivity index is 2.27. The summed E-state index contributed by atoms with van der Waals surface area (Å²) in [7, 11) is 0. The van der Waals surface area contributed by atoms with E-state index in [4.69, 9.17) is 0 Å². The molecule has 8 heteroatoms. The number of phenols is 1. The van der Waals surface area contributed by atoms with Crippen LogP contribution < -0.4 is 5.32 Å². The number of nitro benzene ring substituents is 1. The predicted octanol–water partition coefficient (Wildman–Crippen LogP) is 3.69. The molecule has 0 bridgehead atoms. The third-order valence-electron chi connectivity index (χ3n) is 2.52. The number of nitrogens with zero attached hydrogens (tertiary/aromatic N) is 1. The van der Waals surface area contributed by atoms with Crippen LogP contribution in [0.15, 0.2) is 28.1 Å². The number of phenolic OH excluding ortho intramolecular Hbond substituents is 1. The maximum absolute atomic E-state index is 12.0. The molecule has 0 aliphatic carbocycles. The summed E-state index contributed by atoms with van der Waals surface area (Å²) in [6.45, 7) is 1.85. The Bertz CT molecular complexity index is 679. The molecule has 1 amide bonds. The van der Waals surface area contributed by atoms with Crippen LogP contribution in [0.2, 0.25) is 0 Å². The highest BCUT2D eigenvalue weighted by Gasteiger charge is 2.15. The molecule has 1 heterocycles. The van der Waals surface area contributed by atoms with Gasteiger partial charge in [0.1, 0.15) is 5.75 Å². The molecule has 0 radical (unpaired) electrons. The first-order chi connectivity index (χ1) is 9.38. The van der Waals surface area contributed by atoms with Gasteiger partial charge in [0.25, 0.3) is 11.6 Å². The fraction of sp³-hybridized carbons (Fsp3) is 0.0833. The van der Waals surface area contributed by atoms with Gasteiger partial charge in [0, 0.05) is 12.1 Å². The van der Waals surface area contributed by atoms with Gasteiger partial charge in [-0.2, -0.15) is 0 Å². The third-order valence-corrected chi connectivity index (χ3v) is 4.66. The molecule has 1 aromatic heterocycles. The van der Waals surface area contributed by atoms with Gasteiger partial charge in [0.05, 0.1) is 19.3 Å². The molecule has 0 spiro atoms. The third kappa shape index (κ3) is 2.97. The van der Waals surface area contributed by atoms with Crippen molar-refractivity contribution in [2.75, 3.05) is 5.32 Å². The molecule has 0 aliphatic rings. The second kappa shape index (κ2) is 5.59. The Morgan fingerprint density at radius 1 is 1.45 bits per heavy atom. The molecular weight excluding hydrogens is 348 g/mol. The van der Waals surface area contributed by atoms with Gasteiger partial charge in [-0.3, -0.25) is 14.9 Å². The number of anilines is 1. The van der Waals surface area contributed by atoms with Crippen molar-refractivity contribution in [2.45, 2.75) is 6.92 Å². The smallest absolute Gasteiger partial charge is 0.271 e. The number of hydrogen-bond donors (Lipinski definition) is 2. The van der Waals surface area contributed by atoms with E-state index in [1.807, 2.05) is 6.92 Å². The predicted molar refractivity (Wildman–Crippen MR) is 79.5 cm³/mol. The van der Waals surface area contributed by atoms with Crippen LogP contribution >= 0.6 is 27.3 Å². The number of carbonyl (C=O) groups excluding carboxylic acids is 1. The number of rotatable bonds is 3. The van der Waals surface area contributed by atoms with Crippen molar-refractivity contribution in [3.63, 3.8) is 0 Å². The number of hydrogen-bond acceptors (Lipinski definition) is 5. The van der Waals surface area contributed by atoms with Gasteiger partial charge in [0.2, 0.25) is 0 Å². The van der Waals surface area contributed by atoms with Crippen molar-refractivity contribution in [2.24, 2.45) is 0 Å². The Morgan fingerprint density at radius 3 is 2.70 bits per heavy atom. The number of aromatic hydroxyl groups is 1. The average Bonchev–Trinajstić information content (AvgIpc) is 2.72. The number of aryl methyl sites for hydroxylation is 1. The van der Waals surface area contributed by atoms with Crippen LogP contribution in [0.25, 0.3) is 0 Å². The molecule has 2 aromatic rings. The van der Waals surface area contributed by atoms with Gasteiger partial charge in [-0.15, -0.1) is 11.3 Å². The first-order valence-corrected chi connectivity index (χ1v) is 7.04. The Hall–Kier alpha value is -1.93. The highest BCUT2D eigenvalue weighted by atomic mass is 79.9. The number of carbonyl (C=O) groups is 1. The summed E-state index contributed by atoms with van der Waals surface area (Å²) in [4.78, 5) is 22.5. The van der Waals surface area contributed by atoms with E-state index >= 15 is 0 Å². The highest BCUT2D eigenvalue weighted by Crippen LogP contribution is 2.31. The summed E-state index contributed by atoms with van der Waals surface area (Å²) < 4.78 is 0.839. The standard InChI is InChI=1S/C12H9BrN2O4S/c1-6-4-10(20-11(6)13)12(17)14-8-5-7(15(18)19)2-3-9(8)16/h2-5,16H,1H3,(H,14,17). The monoisotopic (exact) mass is 356 g/mol. The van der Waals surface area contributed by atoms with Crippen LogP contribution in [0, 0.1) is 17.0 Å². The van der Waals surface area contributed by atoms with Crippen molar-refractivity contribution in [1.82, 2.24) is 0 Å². The van der Waals surface area contributed by atoms with Crippen molar-refractivity contribution < 1.29 is 14.8 Å². The number of benzene rings is 1. The molecular formula is C12H9BrN2O4S. The average molecular weight is 357 g/mol. The minimum absolute atomic E-state index is 0.00590. The highest BCUT2D eigenvalue weighted by molar-refractivity contribution is 9.11. The van der Waals surface area contributed by atoms with Crippen LogP contribution in [-0.2, 0) is 0 Å². The molecule has 0 unspecified atom stereocenters. The Labute approximate surface area is 126 Å². The quantitative estimate of drug-likeness (QED) is 0.498. The lowest BCUT2D eigenvalue weighted by Crippen LogP contribution is -2.10. The van der Waals surface area contributed by atoms with E-state index in [1.54, 1.807) is 6.07 Å². The van der Waals surface area contributed by atoms with Gasteiger partial charge in [0.15, 0.2) is 0 Å². The summed E-state index contributed by atoms with van der Waals surface area (Å²) in [6, 6.07) is 5.14. The summed E-state index contributed by atoms with van der Waals surface area (Å²) in [6.07, 6.45) is 0. The molecule has 2 N–H and O–H groups in total. The number of amides is 1. The normalized spacial score (nSPS) is 10.3. The van der Waals surface area contributed by atoms with Crippen molar-refractivity contribution >= 4 is 44.5 Å². The lowest BCUT2D eigenvalue weighted by Gasteiger charge is -2.05. The van der Waals surface area contributed by atoms with Gasteiger partial charge >= 0.3 is 0 Å². The van der Waals surface area contributed by atoms with E-state index in [2.05, 4.69) is 21.2 Å². The number of nitrogens with one attached hydrogen (secondary N) is 1. The lowest BCUT2D eigenvalue weighted by molar-refractivity contribution is -0.384. The zero-order chi connectivity index (χ0) is 14.9. The second-order valence-corrected chi connectivity index (χ2v) is 6.35. The van der Waals surface area contributed by atoms with E-state index < -0.39 is 10.8 Å². The molecule has 104 valence electrons. The van der Waals surface area contributed by atoms with Gasteiger partial charge in [-0.1, -0.05) is 0 Å². The Morgan fingerprint density at radius 2 is 2.15 bits per heavy atom. The zero-order valence-corrected chi connectivity index (χ0v) is 12.6. The first kappa shape index (κ1) is 14.5. The van der Waals surface area contributed by atoms with Crippen LogP contribution in [0.3, 0.4) is 0 Å². The number of non-ortho nitro benzene ring substituents is 1. The molecule has 2 rings (SSSR count). The fourth-order valence-corrected chi connectivity index (χ4v) is 2.92. The maximum atomic E-state index is 12.0. The van der Waals surface area contributed by atoms with E-state index in [0.29, 0.717) is 4.88 Å². The SMILES string of the molecule is Cc1cc(C(=O)Nc2cc([N+](=O)[O-])ccc2O)sc1Br. The number of nitro groups is 1. The van der Waals surface area contributed by atoms with E-state index in [0.717, 1.165) is 21.5 Å². The first-order valence-electron chi connectivity index (χ1n) is 5.43.